The molecule has 2 rings (SSSR count). The van der Waals surface area contributed by atoms with Crippen molar-refractivity contribution in [3.8, 4) is 0 Å². The highest BCUT2D eigenvalue weighted by molar-refractivity contribution is 6.34. The summed E-state index contributed by atoms with van der Waals surface area (Å²) in [5, 5.41) is 17.7. The van der Waals surface area contributed by atoms with E-state index in [4.69, 9.17) is 23.2 Å². The Balaban J connectivity index is 1.88. The van der Waals surface area contributed by atoms with Crippen LogP contribution in [0.3, 0.4) is 0 Å². The summed E-state index contributed by atoms with van der Waals surface area (Å²) in [5.41, 5.74) is 0.511. The minimum Gasteiger partial charge on any atom is -0.388 e. The first-order valence-corrected chi connectivity index (χ1v) is 7.45. The fourth-order valence-corrected chi connectivity index (χ4v) is 2.59. The second-order valence-electron chi connectivity index (χ2n) is 5.01. The van der Waals surface area contributed by atoms with Crippen molar-refractivity contribution in [2.24, 2.45) is 0 Å². The van der Waals surface area contributed by atoms with E-state index in [1.165, 1.54) is 6.33 Å². The lowest BCUT2D eigenvalue weighted by molar-refractivity contribution is -0.123. The number of aliphatic hydroxyl groups excluding tert-OH is 1. The maximum Gasteiger partial charge on any atom is 0.223 e. The highest BCUT2D eigenvalue weighted by atomic mass is 35.5. The first-order valence-electron chi connectivity index (χ1n) is 6.70. The first-order chi connectivity index (χ1) is 10.4. The second kappa shape index (κ2) is 7.58. The van der Waals surface area contributed by atoms with Crippen LogP contribution in [0.25, 0.3) is 0 Å². The average Bonchev–Trinajstić information content (AvgIpc) is 2.89. The summed E-state index contributed by atoms with van der Waals surface area (Å²) < 4.78 is 1.62. The molecule has 0 saturated heterocycles. The summed E-state index contributed by atoms with van der Waals surface area (Å²) in [6.07, 6.45) is 1.97. The standard InChI is InChI=1S/C14H16Cl2N4O2/c1-9(6-20-8-17-7-18-20)19-14(22)5-13(21)10-2-11(15)4-12(16)3-10/h2-4,7-9,13,21H,5-6H2,1H3,(H,19,22)/t9-,13-/m1/s1. The molecule has 8 heteroatoms. The van der Waals surface area contributed by atoms with Crippen molar-refractivity contribution in [3.63, 3.8) is 0 Å². The van der Waals surface area contributed by atoms with Crippen molar-refractivity contribution in [1.29, 1.82) is 0 Å². The fourth-order valence-electron chi connectivity index (χ4n) is 2.05. The molecular weight excluding hydrogens is 327 g/mol. The Kier molecular flexibility index (Phi) is 5.76. The SMILES string of the molecule is C[C@H](Cn1cncn1)NC(=O)C[C@@H](O)c1cc(Cl)cc(Cl)c1. The Morgan fingerprint density at radius 2 is 2.05 bits per heavy atom. The summed E-state index contributed by atoms with van der Waals surface area (Å²) in [6, 6.07) is 4.61. The summed E-state index contributed by atoms with van der Waals surface area (Å²) >= 11 is 11.8. The number of carbonyl (C=O) groups is 1. The van der Waals surface area contributed by atoms with Gasteiger partial charge >= 0.3 is 0 Å². The van der Waals surface area contributed by atoms with Crippen molar-refractivity contribution in [3.05, 3.63) is 46.5 Å². The Labute approximate surface area is 138 Å². The number of benzene rings is 1. The molecule has 1 aromatic carbocycles. The van der Waals surface area contributed by atoms with E-state index in [1.54, 1.807) is 29.2 Å². The largest absolute Gasteiger partial charge is 0.388 e. The zero-order valence-electron chi connectivity index (χ0n) is 11.9. The summed E-state index contributed by atoms with van der Waals surface area (Å²) in [7, 11) is 0. The van der Waals surface area contributed by atoms with Gasteiger partial charge in [0, 0.05) is 16.1 Å². The van der Waals surface area contributed by atoms with Crippen molar-refractivity contribution in [1.82, 2.24) is 20.1 Å². The number of halogens is 2. The molecule has 2 aromatic rings. The smallest absolute Gasteiger partial charge is 0.223 e. The predicted octanol–water partition coefficient (Wildman–Crippen LogP) is 2.21. The molecular formula is C14H16Cl2N4O2. The Hall–Kier alpha value is -1.63. The lowest BCUT2D eigenvalue weighted by Crippen LogP contribution is -2.36. The van der Waals surface area contributed by atoms with Crippen LogP contribution >= 0.6 is 23.2 Å². The molecule has 0 unspecified atom stereocenters. The number of rotatable bonds is 6. The van der Waals surface area contributed by atoms with E-state index in [1.807, 2.05) is 6.92 Å². The van der Waals surface area contributed by atoms with Crippen LogP contribution < -0.4 is 5.32 Å². The normalized spacial score (nSPS) is 13.6. The van der Waals surface area contributed by atoms with Gasteiger partial charge in [-0.15, -0.1) is 0 Å². The molecule has 118 valence electrons. The van der Waals surface area contributed by atoms with Gasteiger partial charge in [-0.25, -0.2) is 4.98 Å². The predicted molar refractivity (Wildman–Crippen MR) is 83.7 cm³/mol. The molecule has 1 heterocycles. The lowest BCUT2D eigenvalue weighted by Gasteiger charge is -2.16. The van der Waals surface area contributed by atoms with Crippen LogP contribution in [0.2, 0.25) is 10.0 Å². The molecule has 0 aliphatic heterocycles. The molecule has 0 radical (unpaired) electrons. The van der Waals surface area contributed by atoms with Crippen LogP contribution in [0.1, 0.15) is 25.0 Å². The zero-order chi connectivity index (χ0) is 16.1. The average molecular weight is 343 g/mol. The fraction of sp³-hybridized carbons (Fsp3) is 0.357. The van der Waals surface area contributed by atoms with Gasteiger partial charge < -0.3 is 10.4 Å². The van der Waals surface area contributed by atoms with Crippen molar-refractivity contribution < 1.29 is 9.90 Å². The molecule has 0 saturated carbocycles. The third-order valence-corrected chi connectivity index (χ3v) is 3.42. The highest BCUT2D eigenvalue weighted by Gasteiger charge is 2.16. The third-order valence-electron chi connectivity index (χ3n) is 2.98. The summed E-state index contributed by atoms with van der Waals surface area (Å²) in [4.78, 5) is 15.8. The molecule has 0 spiro atoms. The molecule has 1 amide bonds. The lowest BCUT2D eigenvalue weighted by atomic mass is 10.1. The van der Waals surface area contributed by atoms with E-state index >= 15 is 0 Å². The number of aromatic nitrogens is 3. The van der Waals surface area contributed by atoms with Gasteiger partial charge in [-0.2, -0.15) is 5.10 Å². The Bertz CT molecular complexity index is 614. The molecule has 6 nitrogen and oxygen atoms in total. The van der Waals surface area contributed by atoms with Gasteiger partial charge in [0.2, 0.25) is 5.91 Å². The number of hydrogen-bond donors (Lipinski definition) is 2. The molecule has 0 aliphatic rings. The minimum atomic E-state index is -0.963. The molecule has 22 heavy (non-hydrogen) atoms. The Morgan fingerprint density at radius 3 is 2.64 bits per heavy atom. The topological polar surface area (TPSA) is 80.0 Å². The van der Waals surface area contributed by atoms with Gasteiger partial charge in [0.1, 0.15) is 12.7 Å². The molecule has 0 bridgehead atoms. The van der Waals surface area contributed by atoms with E-state index in [0.717, 1.165) is 0 Å². The number of amides is 1. The molecule has 0 fully saturated rings. The van der Waals surface area contributed by atoms with Gasteiger partial charge in [0.05, 0.1) is 19.1 Å². The number of aliphatic hydroxyl groups is 1. The van der Waals surface area contributed by atoms with Crippen molar-refractivity contribution in [2.45, 2.75) is 32.0 Å². The Morgan fingerprint density at radius 1 is 1.36 bits per heavy atom. The number of nitrogens with zero attached hydrogens (tertiary/aromatic N) is 3. The van der Waals surface area contributed by atoms with Crippen molar-refractivity contribution in [2.75, 3.05) is 0 Å². The maximum atomic E-state index is 12.0. The van der Waals surface area contributed by atoms with Crippen LogP contribution in [0.4, 0.5) is 0 Å². The van der Waals surface area contributed by atoms with E-state index in [-0.39, 0.29) is 18.4 Å². The van der Waals surface area contributed by atoms with Crippen molar-refractivity contribution >= 4 is 29.1 Å². The van der Waals surface area contributed by atoms with Crippen LogP contribution in [-0.2, 0) is 11.3 Å². The molecule has 2 N–H and O–H groups in total. The van der Waals surface area contributed by atoms with Gasteiger partial charge in [0.25, 0.3) is 0 Å². The van der Waals surface area contributed by atoms with E-state index in [9.17, 15) is 9.90 Å². The van der Waals surface area contributed by atoms with Gasteiger partial charge in [-0.3, -0.25) is 9.48 Å². The third kappa shape index (κ3) is 4.98. The van der Waals surface area contributed by atoms with E-state index in [2.05, 4.69) is 15.4 Å². The quantitative estimate of drug-likeness (QED) is 0.843. The number of hydrogen-bond acceptors (Lipinski definition) is 4. The zero-order valence-corrected chi connectivity index (χ0v) is 13.4. The molecule has 1 aromatic heterocycles. The van der Waals surface area contributed by atoms with Gasteiger partial charge in [0.15, 0.2) is 0 Å². The van der Waals surface area contributed by atoms with Crippen LogP contribution in [0, 0.1) is 0 Å². The number of carbonyl (C=O) groups excluding carboxylic acids is 1. The van der Waals surface area contributed by atoms with Crippen LogP contribution in [-0.4, -0.2) is 31.8 Å². The second-order valence-corrected chi connectivity index (χ2v) is 5.88. The first kappa shape index (κ1) is 16.7. The monoisotopic (exact) mass is 342 g/mol. The van der Waals surface area contributed by atoms with E-state index in [0.29, 0.717) is 22.2 Å². The van der Waals surface area contributed by atoms with Crippen LogP contribution in [0.15, 0.2) is 30.9 Å². The maximum absolute atomic E-state index is 12.0. The van der Waals surface area contributed by atoms with Crippen LogP contribution in [0.5, 0.6) is 0 Å². The molecule has 0 aliphatic carbocycles. The number of nitrogens with one attached hydrogen (secondary N) is 1. The van der Waals surface area contributed by atoms with E-state index < -0.39 is 6.10 Å². The molecule has 2 atom stereocenters. The summed E-state index contributed by atoms with van der Waals surface area (Å²) in [5.74, 6) is -0.267. The van der Waals surface area contributed by atoms with Gasteiger partial charge in [-0.1, -0.05) is 23.2 Å². The summed E-state index contributed by atoms with van der Waals surface area (Å²) in [6.45, 7) is 2.35. The van der Waals surface area contributed by atoms with Gasteiger partial charge in [-0.05, 0) is 30.7 Å². The highest BCUT2D eigenvalue weighted by Crippen LogP contribution is 2.25. The minimum absolute atomic E-state index is 0.0711.